The zero-order chi connectivity index (χ0) is 17.1. The van der Waals surface area contributed by atoms with Crippen molar-refractivity contribution in [3.8, 4) is 17.2 Å². The first-order chi connectivity index (χ1) is 11.5. The number of benzene rings is 2. The molecule has 0 radical (unpaired) electrons. The highest BCUT2D eigenvalue weighted by atomic mass is 35.5. The molecule has 7 heteroatoms. The van der Waals surface area contributed by atoms with Crippen molar-refractivity contribution in [2.45, 2.75) is 13.0 Å². The summed E-state index contributed by atoms with van der Waals surface area (Å²) >= 11 is 12.1. The molecule has 0 saturated heterocycles. The van der Waals surface area contributed by atoms with Crippen LogP contribution in [-0.2, 0) is 4.79 Å². The lowest BCUT2D eigenvalue weighted by molar-refractivity contribution is -0.122. The van der Waals surface area contributed by atoms with Crippen LogP contribution in [0.15, 0.2) is 36.4 Å². The van der Waals surface area contributed by atoms with E-state index in [4.69, 9.17) is 37.4 Å². The molecule has 1 aliphatic heterocycles. The fourth-order valence-electron chi connectivity index (χ4n) is 2.19. The van der Waals surface area contributed by atoms with Crippen LogP contribution >= 0.6 is 23.2 Å². The summed E-state index contributed by atoms with van der Waals surface area (Å²) in [6, 6.07) is 10.1. The maximum Gasteiger partial charge on any atom is 0.265 e. The average molecular weight is 368 g/mol. The van der Waals surface area contributed by atoms with Gasteiger partial charge in [-0.05, 0) is 25.1 Å². The van der Waals surface area contributed by atoms with Gasteiger partial charge < -0.3 is 19.5 Å². The number of carbonyl (C=O) groups is 1. The minimum absolute atomic E-state index is 0.339. The Morgan fingerprint density at radius 2 is 1.88 bits per heavy atom. The second-order valence-electron chi connectivity index (χ2n) is 5.18. The molecular formula is C17H15Cl2NO4. The Labute approximate surface area is 149 Å². The Kier molecular flexibility index (Phi) is 5.02. The quantitative estimate of drug-likeness (QED) is 0.880. The lowest BCUT2D eigenvalue weighted by atomic mass is 10.2. The average Bonchev–Trinajstić information content (AvgIpc) is 2.55. The SMILES string of the molecule is CC(Oc1cccc(Cl)c1)C(=O)Nc1cc2c(cc1Cl)OCCO2. The molecular weight excluding hydrogens is 353 g/mol. The first-order valence-electron chi connectivity index (χ1n) is 7.35. The largest absolute Gasteiger partial charge is 0.486 e. The second-order valence-corrected chi connectivity index (χ2v) is 6.03. The number of amides is 1. The van der Waals surface area contributed by atoms with Crippen LogP contribution in [0.5, 0.6) is 17.2 Å². The van der Waals surface area contributed by atoms with Gasteiger partial charge in [0.25, 0.3) is 5.91 Å². The third kappa shape index (κ3) is 3.86. The van der Waals surface area contributed by atoms with Crippen LogP contribution in [0.1, 0.15) is 6.92 Å². The lowest BCUT2D eigenvalue weighted by Crippen LogP contribution is -2.30. The summed E-state index contributed by atoms with van der Waals surface area (Å²) < 4.78 is 16.5. The third-order valence-electron chi connectivity index (χ3n) is 3.37. The van der Waals surface area contributed by atoms with Crippen LogP contribution in [0.25, 0.3) is 0 Å². The van der Waals surface area contributed by atoms with Crippen molar-refractivity contribution < 1.29 is 19.0 Å². The van der Waals surface area contributed by atoms with Crippen molar-refractivity contribution in [3.05, 3.63) is 46.4 Å². The zero-order valence-electron chi connectivity index (χ0n) is 12.8. The number of rotatable bonds is 4. The molecule has 5 nitrogen and oxygen atoms in total. The fourth-order valence-corrected chi connectivity index (χ4v) is 2.57. The van der Waals surface area contributed by atoms with Crippen molar-refractivity contribution in [1.29, 1.82) is 0 Å². The summed E-state index contributed by atoms with van der Waals surface area (Å²) in [7, 11) is 0. The topological polar surface area (TPSA) is 56.8 Å². The molecule has 0 spiro atoms. The monoisotopic (exact) mass is 367 g/mol. The Hall–Kier alpha value is -2.11. The normalized spacial score (nSPS) is 14.0. The van der Waals surface area contributed by atoms with Crippen LogP contribution in [-0.4, -0.2) is 25.2 Å². The number of ether oxygens (including phenoxy) is 3. The van der Waals surface area contributed by atoms with E-state index in [9.17, 15) is 4.79 Å². The van der Waals surface area contributed by atoms with E-state index in [2.05, 4.69) is 5.32 Å². The van der Waals surface area contributed by atoms with Gasteiger partial charge >= 0.3 is 0 Å². The Morgan fingerprint density at radius 1 is 1.17 bits per heavy atom. The predicted molar refractivity (Wildman–Crippen MR) is 92.6 cm³/mol. The number of fused-ring (bicyclic) bond motifs is 1. The van der Waals surface area contributed by atoms with Crippen LogP contribution in [0.4, 0.5) is 5.69 Å². The van der Waals surface area contributed by atoms with Gasteiger partial charge in [0, 0.05) is 17.2 Å². The maximum atomic E-state index is 12.3. The van der Waals surface area contributed by atoms with E-state index in [1.54, 1.807) is 43.3 Å². The molecule has 1 amide bonds. The Morgan fingerprint density at radius 3 is 2.58 bits per heavy atom. The van der Waals surface area contributed by atoms with E-state index in [1.807, 2.05) is 0 Å². The molecule has 126 valence electrons. The van der Waals surface area contributed by atoms with Crippen molar-refractivity contribution in [1.82, 2.24) is 0 Å². The standard InChI is InChI=1S/C17H15Cl2NO4/c1-10(24-12-4-2-3-11(18)7-12)17(21)20-14-9-16-15(8-13(14)19)22-5-6-23-16/h2-4,7-10H,5-6H2,1H3,(H,20,21). The summed E-state index contributed by atoms with van der Waals surface area (Å²) in [6.45, 7) is 2.57. The van der Waals surface area contributed by atoms with Crippen LogP contribution < -0.4 is 19.5 Å². The highest BCUT2D eigenvalue weighted by Crippen LogP contribution is 2.38. The van der Waals surface area contributed by atoms with Gasteiger partial charge in [-0.3, -0.25) is 4.79 Å². The van der Waals surface area contributed by atoms with Gasteiger partial charge in [0.05, 0.1) is 10.7 Å². The summed E-state index contributed by atoms with van der Waals surface area (Å²) in [4.78, 5) is 12.3. The smallest absolute Gasteiger partial charge is 0.265 e. The highest BCUT2D eigenvalue weighted by molar-refractivity contribution is 6.34. The van der Waals surface area contributed by atoms with Gasteiger partial charge in [-0.15, -0.1) is 0 Å². The molecule has 0 aliphatic carbocycles. The minimum atomic E-state index is -0.729. The third-order valence-corrected chi connectivity index (χ3v) is 3.92. The van der Waals surface area contributed by atoms with Crippen molar-refractivity contribution >= 4 is 34.8 Å². The number of carbonyl (C=O) groups excluding carboxylic acids is 1. The number of anilines is 1. The highest BCUT2D eigenvalue weighted by Gasteiger charge is 2.19. The molecule has 1 unspecified atom stereocenters. The van der Waals surface area contributed by atoms with Crippen molar-refractivity contribution in [2.24, 2.45) is 0 Å². The summed E-state index contributed by atoms with van der Waals surface area (Å²) in [5.41, 5.74) is 0.437. The molecule has 0 saturated carbocycles. The predicted octanol–water partition coefficient (Wildman–Crippen LogP) is 4.17. The summed E-state index contributed by atoms with van der Waals surface area (Å²) in [6.07, 6.45) is -0.729. The van der Waals surface area contributed by atoms with Crippen molar-refractivity contribution in [2.75, 3.05) is 18.5 Å². The molecule has 3 rings (SSSR count). The lowest BCUT2D eigenvalue weighted by Gasteiger charge is -2.20. The van der Waals surface area contributed by atoms with E-state index < -0.39 is 6.10 Å². The van der Waals surface area contributed by atoms with Gasteiger partial charge in [0.15, 0.2) is 17.6 Å². The molecule has 0 fully saturated rings. The van der Waals surface area contributed by atoms with Crippen LogP contribution in [0.3, 0.4) is 0 Å². The Balaban J connectivity index is 1.70. The number of nitrogens with one attached hydrogen (secondary N) is 1. The summed E-state index contributed by atoms with van der Waals surface area (Å²) in [5, 5.41) is 3.63. The fraction of sp³-hybridized carbons (Fsp3) is 0.235. The molecule has 1 N–H and O–H groups in total. The number of halogens is 2. The number of hydrogen-bond acceptors (Lipinski definition) is 4. The minimum Gasteiger partial charge on any atom is -0.486 e. The zero-order valence-corrected chi connectivity index (χ0v) is 14.4. The maximum absolute atomic E-state index is 12.3. The van der Waals surface area contributed by atoms with Crippen molar-refractivity contribution in [3.63, 3.8) is 0 Å². The van der Waals surface area contributed by atoms with Gasteiger partial charge in [-0.1, -0.05) is 29.3 Å². The van der Waals surface area contributed by atoms with Gasteiger partial charge in [-0.2, -0.15) is 0 Å². The van der Waals surface area contributed by atoms with E-state index >= 15 is 0 Å². The van der Waals surface area contributed by atoms with E-state index in [1.165, 1.54) is 0 Å². The molecule has 1 heterocycles. The first-order valence-corrected chi connectivity index (χ1v) is 8.11. The van der Waals surface area contributed by atoms with Crippen LogP contribution in [0.2, 0.25) is 10.0 Å². The van der Waals surface area contributed by atoms with E-state index in [0.717, 1.165) is 0 Å². The molecule has 1 aliphatic rings. The van der Waals surface area contributed by atoms with E-state index in [0.29, 0.717) is 46.2 Å². The molecule has 2 aromatic rings. The van der Waals surface area contributed by atoms with Crippen LogP contribution in [0, 0.1) is 0 Å². The molecule has 0 aromatic heterocycles. The number of hydrogen-bond donors (Lipinski definition) is 1. The Bertz CT molecular complexity index is 766. The molecule has 0 bridgehead atoms. The van der Waals surface area contributed by atoms with Gasteiger partial charge in [0.1, 0.15) is 19.0 Å². The van der Waals surface area contributed by atoms with Gasteiger partial charge in [-0.25, -0.2) is 0 Å². The second kappa shape index (κ2) is 7.20. The summed E-state index contributed by atoms with van der Waals surface area (Å²) in [5.74, 6) is 1.28. The molecule has 24 heavy (non-hydrogen) atoms. The first kappa shape index (κ1) is 16.7. The van der Waals surface area contributed by atoms with E-state index in [-0.39, 0.29) is 5.91 Å². The molecule has 1 atom stereocenters. The molecule has 2 aromatic carbocycles. The van der Waals surface area contributed by atoms with Gasteiger partial charge in [0.2, 0.25) is 0 Å².